The van der Waals surface area contributed by atoms with Gasteiger partial charge in [-0.3, -0.25) is 4.79 Å². The van der Waals surface area contributed by atoms with Crippen molar-refractivity contribution in [1.82, 2.24) is 4.98 Å². The van der Waals surface area contributed by atoms with Crippen LogP contribution in [0.4, 0.5) is 17.2 Å². The summed E-state index contributed by atoms with van der Waals surface area (Å²) in [5.74, 6) is 0.681. The van der Waals surface area contributed by atoms with Crippen molar-refractivity contribution >= 4 is 55.0 Å². The number of pyridine rings is 1. The first-order valence-corrected chi connectivity index (χ1v) is 7.21. The molecule has 0 saturated carbocycles. The third-order valence-electron chi connectivity index (χ3n) is 2.81. The molecule has 0 unspecified atom stereocenters. The van der Waals surface area contributed by atoms with Gasteiger partial charge in [-0.05, 0) is 50.1 Å². The molecule has 2 heterocycles. The number of nitrogens with zero attached hydrogens (tertiary/aromatic N) is 2. The van der Waals surface area contributed by atoms with Crippen LogP contribution < -0.4 is 10.2 Å². The number of carbonyl (C=O) groups excluding carboxylic acids is 1. The summed E-state index contributed by atoms with van der Waals surface area (Å²) in [5, 5.41) is 2.86. The molecule has 1 aliphatic heterocycles. The second kappa shape index (κ2) is 4.94. The van der Waals surface area contributed by atoms with E-state index in [1.165, 1.54) is 0 Å². The van der Waals surface area contributed by atoms with Crippen molar-refractivity contribution in [2.45, 2.75) is 0 Å². The van der Waals surface area contributed by atoms with Gasteiger partial charge in [-0.15, -0.1) is 0 Å². The summed E-state index contributed by atoms with van der Waals surface area (Å²) < 4.78 is 1.73. The highest BCUT2D eigenvalue weighted by molar-refractivity contribution is 9.11. The summed E-state index contributed by atoms with van der Waals surface area (Å²) in [4.78, 5) is 18.1. The second-order valence-corrected chi connectivity index (χ2v) is 5.88. The fourth-order valence-corrected chi connectivity index (χ4v) is 3.23. The van der Waals surface area contributed by atoms with Crippen LogP contribution in [0.15, 0.2) is 45.5 Å². The zero-order valence-electron chi connectivity index (χ0n) is 9.73. The van der Waals surface area contributed by atoms with Crippen molar-refractivity contribution in [2.75, 3.05) is 16.8 Å². The van der Waals surface area contributed by atoms with Gasteiger partial charge in [-0.25, -0.2) is 4.98 Å². The lowest BCUT2D eigenvalue weighted by atomic mass is 10.2. The summed E-state index contributed by atoms with van der Waals surface area (Å²) in [6, 6.07) is 9.59. The second-order valence-electron chi connectivity index (χ2n) is 4.11. The molecule has 96 valence electrons. The standard InChI is InChI=1S/C13H9Br2N3O/c14-8-5-9(15)13(16-6-8)18-7-12(19)17-10-3-1-2-4-11(10)18/h1-6H,7H2,(H,17,19). The number of anilines is 3. The van der Waals surface area contributed by atoms with E-state index in [1.54, 1.807) is 6.20 Å². The zero-order chi connectivity index (χ0) is 13.4. The Kier molecular flexibility index (Phi) is 3.28. The van der Waals surface area contributed by atoms with Crippen molar-refractivity contribution < 1.29 is 4.79 Å². The molecule has 0 radical (unpaired) electrons. The van der Waals surface area contributed by atoms with Gasteiger partial charge in [0.05, 0.1) is 15.8 Å². The third kappa shape index (κ3) is 2.37. The fourth-order valence-electron chi connectivity index (χ4n) is 2.03. The lowest BCUT2D eigenvalue weighted by Gasteiger charge is -2.30. The number of carbonyl (C=O) groups is 1. The molecule has 4 nitrogen and oxygen atoms in total. The van der Waals surface area contributed by atoms with Crippen LogP contribution in [0.25, 0.3) is 0 Å². The highest BCUT2D eigenvalue weighted by Crippen LogP contribution is 2.37. The van der Waals surface area contributed by atoms with Gasteiger partial charge in [-0.1, -0.05) is 12.1 Å². The maximum Gasteiger partial charge on any atom is 0.244 e. The van der Waals surface area contributed by atoms with Gasteiger partial charge < -0.3 is 10.2 Å². The Morgan fingerprint density at radius 1 is 1.26 bits per heavy atom. The minimum Gasteiger partial charge on any atom is -0.323 e. The molecular formula is C13H9Br2N3O. The number of hydrogen-bond acceptors (Lipinski definition) is 3. The number of aromatic nitrogens is 1. The van der Waals surface area contributed by atoms with E-state index in [0.29, 0.717) is 0 Å². The molecule has 0 bridgehead atoms. The Balaban J connectivity index is 2.12. The summed E-state index contributed by atoms with van der Waals surface area (Å²) in [5.41, 5.74) is 1.74. The van der Waals surface area contributed by atoms with E-state index in [9.17, 15) is 4.79 Å². The average molecular weight is 383 g/mol. The number of fused-ring (bicyclic) bond motifs is 1. The highest BCUT2D eigenvalue weighted by atomic mass is 79.9. The first-order chi connectivity index (χ1) is 9.15. The van der Waals surface area contributed by atoms with Gasteiger partial charge >= 0.3 is 0 Å². The molecule has 0 spiro atoms. The van der Waals surface area contributed by atoms with Crippen LogP contribution in [0.2, 0.25) is 0 Å². The SMILES string of the molecule is O=C1CN(c2ncc(Br)cc2Br)c2ccccc2N1. The molecule has 1 amide bonds. The van der Waals surface area contributed by atoms with Crippen molar-refractivity contribution in [3.8, 4) is 0 Å². The molecule has 0 aliphatic carbocycles. The lowest BCUT2D eigenvalue weighted by Crippen LogP contribution is -2.35. The summed E-state index contributed by atoms with van der Waals surface area (Å²) >= 11 is 6.86. The first kappa shape index (κ1) is 12.6. The number of nitrogens with one attached hydrogen (secondary N) is 1. The normalized spacial score (nSPS) is 14.0. The van der Waals surface area contributed by atoms with Crippen molar-refractivity contribution in [1.29, 1.82) is 0 Å². The van der Waals surface area contributed by atoms with Crippen LogP contribution in [0.5, 0.6) is 0 Å². The number of halogens is 2. The smallest absolute Gasteiger partial charge is 0.244 e. The predicted octanol–water partition coefficient (Wildman–Crippen LogP) is 3.70. The topological polar surface area (TPSA) is 45.2 Å². The Labute approximate surface area is 127 Å². The number of para-hydroxylation sites is 2. The molecule has 6 heteroatoms. The fraction of sp³-hybridized carbons (Fsp3) is 0.0769. The molecule has 2 aromatic rings. The molecule has 1 aliphatic rings. The van der Waals surface area contributed by atoms with Gasteiger partial charge in [0, 0.05) is 10.7 Å². The van der Waals surface area contributed by atoms with E-state index in [2.05, 4.69) is 42.2 Å². The molecule has 0 atom stereocenters. The largest absolute Gasteiger partial charge is 0.323 e. The number of hydrogen-bond donors (Lipinski definition) is 1. The van der Waals surface area contributed by atoms with Crippen LogP contribution in [-0.2, 0) is 4.79 Å². The molecular weight excluding hydrogens is 374 g/mol. The first-order valence-electron chi connectivity index (χ1n) is 5.62. The predicted molar refractivity (Wildman–Crippen MR) is 81.7 cm³/mol. The monoisotopic (exact) mass is 381 g/mol. The van der Waals surface area contributed by atoms with Gasteiger partial charge in [0.15, 0.2) is 0 Å². The Morgan fingerprint density at radius 3 is 2.84 bits per heavy atom. The molecule has 0 saturated heterocycles. The average Bonchev–Trinajstić information content (AvgIpc) is 2.38. The van der Waals surface area contributed by atoms with Crippen molar-refractivity contribution in [3.63, 3.8) is 0 Å². The van der Waals surface area contributed by atoms with E-state index in [4.69, 9.17) is 0 Å². The Morgan fingerprint density at radius 2 is 2.05 bits per heavy atom. The van der Waals surface area contributed by atoms with E-state index in [-0.39, 0.29) is 12.5 Å². The molecule has 1 N–H and O–H groups in total. The quantitative estimate of drug-likeness (QED) is 0.817. The van der Waals surface area contributed by atoms with Crippen LogP contribution in [0.3, 0.4) is 0 Å². The lowest BCUT2D eigenvalue weighted by molar-refractivity contribution is -0.115. The molecule has 19 heavy (non-hydrogen) atoms. The number of amides is 1. The van der Waals surface area contributed by atoms with Gasteiger partial charge in [0.25, 0.3) is 0 Å². The summed E-state index contributed by atoms with van der Waals surface area (Å²) in [7, 11) is 0. The minimum atomic E-state index is -0.0460. The van der Waals surface area contributed by atoms with E-state index in [1.807, 2.05) is 35.2 Å². The minimum absolute atomic E-state index is 0.0460. The molecule has 0 fully saturated rings. The van der Waals surface area contributed by atoms with Crippen LogP contribution in [0.1, 0.15) is 0 Å². The van der Waals surface area contributed by atoms with Crippen LogP contribution in [-0.4, -0.2) is 17.4 Å². The van der Waals surface area contributed by atoms with E-state index in [0.717, 1.165) is 26.1 Å². The molecule has 1 aromatic carbocycles. The molecule has 1 aromatic heterocycles. The van der Waals surface area contributed by atoms with Crippen molar-refractivity contribution in [3.05, 3.63) is 45.5 Å². The Bertz CT molecular complexity index is 660. The maximum absolute atomic E-state index is 11.8. The Hall–Kier alpha value is -1.40. The van der Waals surface area contributed by atoms with Gasteiger partial charge in [0.1, 0.15) is 12.4 Å². The zero-order valence-corrected chi connectivity index (χ0v) is 12.9. The number of rotatable bonds is 1. The van der Waals surface area contributed by atoms with E-state index >= 15 is 0 Å². The van der Waals surface area contributed by atoms with Gasteiger partial charge in [-0.2, -0.15) is 0 Å². The summed E-state index contributed by atoms with van der Waals surface area (Å²) in [6.07, 6.45) is 1.72. The van der Waals surface area contributed by atoms with Crippen LogP contribution >= 0.6 is 31.9 Å². The highest BCUT2D eigenvalue weighted by Gasteiger charge is 2.24. The number of benzene rings is 1. The van der Waals surface area contributed by atoms with E-state index < -0.39 is 0 Å². The summed E-state index contributed by atoms with van der Waals surface area (Å²) in [6.45, 7) is 0.254. The van der Waals surface area contributed by atoms with Gasteiger partial charge in [0.2, 0.25) is 5.91 Å². The third-order valence-corrected chi connectivity index (χ3v) is 3.83. The maximum atomic E-state index is 11.8. The molecule has 3 rings (SSSR count). The van der Waals surface area contributed by atoms with Crippen molar-refractivity contribution in [2.24, 2.45) is 0 Å². The van der Waals surface area contributed by atoms with Crippen LogP contribution in [0, 0.1) is 0 Å².